The summed E-state index contributed by atoms with van der Waals surface area (Å²) in [7, 11) is 1.43. The molecule has 0 bridgehead atoms. The van der Waals surface area contributed by atoms with Gasteiger partial charge in [-0.2, -0.15) is 0 Å². The quantitative estimate of drug-likeness (QED) is 0.748. The zero-order valence-electron chi connectivity index (χ0n) is 10.1. The molecule has 1 aliphatic heterocycles. The van der Waals surface area contributed by atoms with Crippen molar-refractivity contribution >= 4 is 5.97 Å². The summed E-state index contributed by atoms with van der Waals surface area (Å²) in [5.74, 6) is -0.217. The van der Waals surface area contributed by atoms with Crippen LogP contribution in [0.2, 0.25) is 0 Å². The minimum Gasteiger partial charge on any atom is -0.468 e. The number of nitrogens with zero attached hydrogens (tertiary/aromatic N) is 2. The topological polar surface area (TPSA) is 42.4 Å². The van der Waals surface area contributed by atoms with E-state index >= 15 is 0 Å². The van der Waals surface area contributed by atoms with Crippen LogP contribution in [0.3, 0.4) is 0 Å². The Morgan fingerprint density at radius 1 is 1.35 bits per heavy atom. The molecule has 0 saturated carbocycles. The summed E-state index contributed by atoms with van der Waals surface area (Å²) >= 11 is 0. The molecule has 1 aliphatic rings. The molecule has 17 heavy (non-hydrogen) atoms. The van der Waals surface area contributed by atoms with Crippen LogP contribution >= 0.6 is 0 Å². The second kappa shape index (κ2) is 5.77. The van der Waals surface area contributed by atoms with Gasteiger partial charge in [0.1, 0.15) is 0 Å². The lowest BCUT2D eigenvalue weighted by atomic mass is 10.1. The Labute approximate surface area is 102 Å². The molecule has 2 rings (SSSR count). The average molecular weight is 234 g/mol. The molecule has 0 amide bonds. The number of piperidine rings is 1. The van der Waals surface area contributed by atoms with E-state index in [0.717, 1.165) is 31.6 Å². The van der Waals surface area contributed by atoms with Crippen LogP contribution in [-0.4, -0.2) is 36.1 Å². The molecule has 1 saturated heterocycles. The first-order valence-corrected chi connectivity index (χ1v) is 6.05. The van der Waals surface area contributed by atoms with Crippen molar-refractivity contribution in [2.24, 2.45) is 0 Å². The molecule has 0 aliphatic carbocycles. The van der Waals surface area contributed by atoms with Gasteiger partial charge in [0.2, 0.25) is 0 Å². The summed E-state index contributed by atoms with van der Waals surface area (Å²) in [6.45, 7) is 1.88. The highest BCUT2D eigenvalue weighted by molar-refractivity contribution is 5.76. The smallest absolute Gasteiger partial charge is 0.329 e. The molecule has 0 spiro atoms. The van der Waals surface area contributed by atoms with Crippen LogP contribution in [0.4, 0.5) is 0 Å². The van der Waals surface area contributed by atoms with E-state index in [4.69, 9.17) is 4.74 Å². The van der Waals surface area contributed by atoms with E-state index < -0.39 is 0 Å². The van der Waals surface area contributed by atoms with Gasteiger partial charge in [0.25, 0.3) is 0 Å². The van der Waals surface area contributed by atoms with Crippen LogP contribution in [-0.2, 0) is 9.53 Å². The number of hydrogen-bond donors (Lipinski definition) is 0. The van der Waals surface area contributed by atoms with E-state index in [1.54, 1.807) is 6.20 Å². The summed E-state index contributed by atoms with van der Waals surface area (Å²) < 4.78 is 4.90. The number of methoxy groups -OCH3 is 1. The van der Waals surface area contributed by atoms with Gasteiger partial charge in [0.15, 0.2) is 6.04 Å². The monoisotopic (exact) mass is 234 g/mol. The fraction of sp³-hybridized carbons (Fsp3) is 0.538. The molecule has 1 unspecified atom stereocenters. The molecule has 1 atom stereocenters. The van der Waals surface area contributed by atoms with Crippen molar-refractivity contribution in [2.75, 3.05) is 20.2 Å². The highest BCUT2D eigenvalue weighted by Crippen LogP contribution is 2.24. The standard InChI is InChI=1S/C13H18N2O2/c1-17-13(16)12(11-7-3-4-8-14-11)15-9-5-2-6-10-15/h3-4,7-8,12H,2,5-6,9-10H2,1H3. The largest absolute Gasteiger partial charge is 0.468 e. The van der Waals surface area contributed by atoms with Gasteiger partial charge in [-0.1, -0.05) is 12.5 Å². The molecule has 0 N–H and O–H groups in total. The highest BCUT2D eigenvalue weighted by atomic mass is 16.5. The molecule has 4 heteroatoms. The van der Waals surface area contributed by atoms with Gasteiger partial charge in [0, 0.05) is 6.20 Å². The van der Waals surface area contributed by atoms with Crippen molar-refractivity contribution in [3.05, 3.63) is 30.1 Å². The van der Waals surface area contributed by atoms with Gasteiger partial charge in [-0.15, -0.1) is 0 Å². The number of esters is 1. The lowest BCUT2D eigenvalue weighted by Gasteiger charge is -2.32. The predicted molar refractivity (Wildman–Crippen MR) is 64.4 cm³/mol. The number of likely N-dealkylation sites (tertiary alicyclic amines) is 1. The summed E-state index contributed by atoms with van der Waals surface area (Å²) in [5.41, 5.74) is 0.779. The van der Waals surface area contributed by atoms with Crippen LogP contribution in [0.5, 0.6) is 0 Å². The minimum atomic E-state index is -0.346. The molecule has 0 radical (unpaired) electrons. The normalized spacial score (nSPS) is 18.6. The summed E-state index contributed by atoms with van der Waals surface area (Å²) in [5, 5.41) is 0. The van der Waals surface area contributed by atoms with Gasteiger partial charge in [-0.25, -0.2) is 4.79 Å². The maximum absolute atomic E-state index is 11.9. The van der Waals surface area contributed by atoms with E-state index in [2.05, 4.69) is 9.88 Å². The average Bonchev–Trinajstić information content (AvgIpc) is 2.41. The molecule has 2 heterocycles. The van der Waals surface area contributed by atoms with Crippen LogP contribution < -0.4 is 0 Å². The van der Waals surface area contributed by atoms with Crippen molar-refractivity contribution in [1.82, 2.24) is 9.88 Å². The first-order valence-electron chi connectivity index (χ1n) is 6.05. The number of hydrogen-bond acceptors (Lipinski definition) is 4. The fourth-order valence-corrected chi connectivity index (χ4v) is 2.28. The van der Waals surface area contributed by atoms with Gasteiger partial charge < -0.3 is 4.74 Å². The number of pyridine rings is 1. The first kappa shape index (κ1) is 12.0. The van der Waals surface area contributed by atoms with Crippen LogP contribution in [0.15, 0.2) is 24.4 Å². The lowest BCUT2D eigenvalue weighted by Crippen LogP contribution is -2.38. The van der Waals surface area contributed by atoms with Crippen LogP contribution in [0, 0.1) is 0 Å². The highest BCUT2D eigenvalue weighted by Gasteiger charge is 2.30. The maximum Gasteiger partial charge on any atom is 0.329 e. The van der Waals surface area contributed by atoms with Gasteiger partial charge in [-0.3, -0.25) is 9.88 Å². The second-order valence-corrected chi connectivity index (χ2v) is 4.28. The Bertz CT molecular complexity index is 361. The molecule has 92 valence electrons. The third-order valence-corrected chi connectivity index (χ3v) is 3.15. The van der Waals surface area contributed by atoms with Crippen molar-refractivity contribution in [2.45, 2.75) is 25.3 Å². The first-order chi connectivity index (χ1) is 8.33. The number of aromatic nitrogens is 1. The van der Waals surface area contributed by atoms with Crippen molar-refractivity contribution in [3.63, 3.8) is 0 Å². The molecule has 0 aromatic carbocycles. The van der Waals surface area contributed by atoms with E-state index in [1.807, 2.05) is 18.2 Å². The number of rotatable bonds is 3. The zero-order chi connectivity index (χ0) is 12.1. The van der Waals surface area contributed by atoms with Crippen molar-refractivity contribution in [1.29, 1.82) is 0 Å². The lowest BCUT2D eigenvalue weighted by molar-refractivity contribution is -0.147. The van der Waals surface area contributed by atoms with Crippen LogP contribution in [0.1, 0.15) is 31.0 Å². The molecule has 1 fully saturated rings. The Morgan fingerprint density at radius 2 is 2.12 bits per heavy atom. The third kappa shape index (κ3) is 2.82. The van der Waals surface area contributed by atoms with E-state index in [1.165, 1.54) is 13.5 Å². The fourth-order valence-electron chi connectivity index (χ4n) is 2.28. The Hall–Kier alpha value is -1.42. The van der Waals surface area contributed by atoms with Gasteiger partial charge in [0.05, 0.1) is 12.8 Å². The van der Waals surface area contributed by atoms with Gasteiger partial charge >= 0.3 is 5.97 Å². The molecule has 4 nitrogen and oxygen atoms in total. The summed E-state index contributed by atoms with van der Waals surface area (Å²) in [4.78, 5) is 18.4. The van der Waals surface area contributed by atoms with E-state index in [9.17, 15) is 4.79 Å². The Kier molecular flexibility index (Phi) is 4.09. The summed E-state index contributed by atoms with van der Waals surface area (Å²) in [6, 6.07) is 5.30. The molecule has 1 aromatic rings. The van der Waals surface area contributed by atoms with Crippen molar-refractivity contribution in [3.8, 4) is 0 Å². The minimum absolute atomic E-state index is 0.217. The number of carbonyl (C=O) groups excluding carboxylic acids is 1. The van der Waals surface area contributed by atoms with E-state index in [-0.39, 0.29) is 12.0 Å². The number of ether oxygens (including phenoxy) is 1. The molecule has 1 aromatic heterocycles. The van der Waals surface area contributed by atoms with Crippen LogP contribution in [0.25, 0.3) is 0 Å². The third-order valence-electron chi connectivity index (χ3n) is 3.15. The van der Waals surface area contributed by atoms with E-state index in [0.29, 0.717) is 0 Å². The second-order valence-electron chi connectivity index (χ2n) is 4.28. The predicted octanol–water partition coefficient (Wildman–Crippen LogP) is 1.78. The Balaban J connectivity index is 2.21. The van der Waals surface area contributed by atoms with Gasteiger partial charge in [-0.05, 0) is 38.1 Å². The molecular weight excluding hydrogens is 216 g/mol. The Morgan fingerprint density at radius 3 is 2.71 bits per heavy atom. The molecular formula is C13H18N2O2. The maximum atomic E-state index is 11.9. The SMILES string of the molecule is COC(=O)C(c1ccccn1)N1CCCCC1. The number of carbonyl (C=O) groups is 1. The summed E-state index contributed by atoms with van der Waals surface area (Å²) in [6.07, 6.45) is 5.24. The zero-order valence-corrected chi connectivity index (χ0v) is 10.1. The van der Waals surface area contributed by atoms with Crippen molar-refractivity contribution < 1.29 is 9.53 Å².